The number of halogens is 1. The Hall–Kier alpha value is -1.34. The minimum Gasteiger partial charge on any atom is -0.503 e. The lowest BCUT2D eigenvalue weighted by Gasteiger charge is -2.07. The van der Waals surface area contributed by atoms with Crippen molar-refractivity contribution in [3.05, 3.63) is 22.2 Å². The van der Waals surface area contributed by atoms with Crippen LogP contribution < -0.4 is 15.5 Å². The lowest BCUT2D eigenvalue weighted by atomic mass is 10.2. The molecular formula is C10H12BrN3O2S. The van der Waals surface area contributed by atoms with Crippen molar-refractivity contribution < 1.29 is 9.84 Å². The maximum atomic E-state index is 9.74. The molecule has 1 aromatic carbocycles. The number of hydrogen-bond acceptors (Lipinski definition) is 4. The molecule has 1 aromatic rings. The van der Waals surface area contributed by atoms with Gasteiger partial charge < -0.3 is 15.2 Å². The third-order valence-electron chi connectivity index (χ3n) is 1.93. The van der Waals surface area contributed by atoms with Gasteiger partial charge in [-0.1, -0.05) is 0 Å². The normalized spacial score (nSPS) is 10.3. The molecule has 0 amide bonds. The van der Waals surface area contributed by atoms with Crippen molar-refractivity contribution in [2.24, 2.45) is 5.10 Å². The Morgan fingerprint density at radius 3 is 2.88 bits per heavy atom. The Balaban J connectivity index is 2.86. The van der Waals surface area contributed by atoms with Gasteiger partial charge in [-0.15, -0.1) is 0 Å². The van der Waals surface area contributed by atoms with Crippen LogP contribution in [0.3, 0.4) is 0 Å². The number of phenolic OH excluding ortho intramolecular Hbond substituents is 1. The molecule has 0 aliphatic rings. The van der Waals surface area contributed by atoms with Gasteiger partial charge in [0.15, 0.2) is 16.6 Å². The van der Waals surface area contributed by atoms with Gasteiger partial charge in [-0.25, -0.2) is 0 Å². The molecule has 0 unspecified atom stereocenters. The SMILES string of the molecule is CNC(=S)N/N=C/c1ccc(OC)c(O)c1Br. The fourth-order valence-electron chi connectivity index (χ4n) is 1.04. The standard InChI is InChI=1S/C10H12BrN3O2S/c1-12-10(17)14-13-5-6-3-4-7(16-2)9(15)8(6)11/h3-5,15H,1-2H3,(H2,12,14,17)/b13-5+. The first-order chi connectivity index (χ1) is 8.10. The number of phenols is 1. The molecule has 0 atom stereocenters. The first-order valence-corrected chi connectivity index (χ1v) is 5.86. The van der Waals surface area contributed by atoms with E-state index in [-0.39, 0.29) is 5.75 Å². The molecular weight excluding hydrogens is 306 g/mol. The highest BCUT2D eigenvalue weighted by atomic mass is 79.9. The average molecular weight is 318 g/mol. The molecule has 0 radical (unpaired) electrons. The second-order valence-electron chi connectivity index (χ2n) is 2.97. The molecule has 0 aromatic heterocycles. The summed E-state index contributed by atoms with van der Waals surface area (Å²) in [5.41, 5.74) is 3.32. The van der Waals surface area contributed by atoms with Gasteiger partial charge in [0.05, 0.1) is 17.8 Å². The zero-order valence-electron chi connectivity index (χ0n) is 9.32. The van der Waals surface area contributed by atoms with Crippen LogP contribution >= 0.6 is 28.1 Å². The first-order valence-electron chi connectivity index (χ1n) is 4.66. The Morgan fingerprint density at radius 2 is 2.29 bits per heavy atom. The van der Waals surface area contributed by atoms with Gasteiger partial charge in [0.1, 0.15) is 0 Å². The third kappa shape index (κ3) is 3.57. The number of benzene rings is 1. The van der Waals surface area contributed by atoms with Gasteiger partial charge in [0.25, 0.3) is 0 Å². The number of hydrogen-bond donors (Lipinski definition) is 3. The molecule has 3 N–H and O–H groups in total. The third-order valence-corrected chi connectivity index (χ3v) is 3.05. The fourth-order valence-corrected chi connectivity index (χ4v) is 1.53. The summed E-state index contributed by atoms with van der Waals surface area (Å²) in [5.74, 6) is 0.431. The van der Waals surface area contributed by atoms with Crippen LogP contribution in [0, 0.1) is 0 Å². The number of hydrazone groups is 1. The van der Waals surface area contributed by atoms with Gasteiger partial charge in [0, 0.05) is 12.6 Å². The van der Waals surface area contributed by atoms with Gasteiger partial charge in [-0.2, -0.15) is 5.10 Å². The summed E-state index contributed by atoms with van der Waals surface area (Å²) < 4.78 is 5.48. The van der Waals surface area contributed by atoms with Crippen LogP contribution in [-0.4, -0.2) is 30.6 Å². The second kappa shape index (κ2) is 6.41. The summed E-state index contributed by atoms with van der Waals surface area (Å²) in [6, 6.07) is 3.41. The van der Waals surface area contributed by atoms with Crippen LogP contribution in [0.4, 0.5) is 0 Å². The smallest absolute Gasteiger partial charge is 0.186 e. The second-order valence-corrected chi connectivity index (χ2v) is 4.17. The van der Waals surface area contributed by atoms with E-state index >= 15 is 0 Å². The molecule has 1 rings (SSSR count). The minimum atomic E-state index is 0.0349. The van der Waals surface area contributed by atoms with E-state index < -0.39 is 0 Å². The predicted molar refractivity (Wildman–Crippen MR) is 74.7 cm³/mol. The Bertz CT molecular complexity index is 451. The Labute approximate surface area is 113 Å². The number of aromatic hydroxyl groups is 1. The van der Waals surface area contributed by atoms with E-state index in [1.807, 2.05) is 0 Å². The van der Waals surface area contributed by atoms with Gasteiger partial charge >= 0.3 is 0 Å². The van der Waals surface area contributed by atoms with Crippen LogP contribution in [0.5, 0.6) is 11.5 Å². The molecule has 0 aliphatic heterocycles. The van der Waals surface area contributed by atoms with Crippen molar-refractivity contribution in [1.82, 2.24) is 10.7 Å². The van der Waals surface area contributed by atoms with E-state index in [0.717, 1.165) is 0 Å². The van der Waals surface area contributed by atoms with E-state index in [4.69, 9.17) is 17.0 Å². The highest BCUT2D eigenvalue weighted by Crippen LogP contribution is 2.35. The molecule has 5 nitrogen and oxygen atoms in total. The minimum absolute atomic E-state index is 0.0349. The Kier molecular flexibility index (Phi) is 5.17. The Morgan fingerprint density at radius 1 is 1.59 bits per heavy atom. The lowest BCUT2D eigenvalue weighted by molar-refractivity contribution is 0.372. The lowest BCUT2D eigenvalue weighted by Crippen LogP contribution is -2.28. The van der Waals surface area contributed by atoms with Crippen molar-refractivity contribution in [2.45, 2.75) is 0 Å². The molecule has 0 bridgehead atoms. The molecule has 7 heteroatoms. The van der Waals surface area contributed by atoms with Crippen molar-refractivity contribution >= 4 is 39.5 Å². The monoisotopic (exact) mass is 317 g/mol. The van der Waals surface area contributed by atoms with Crippen LogP contribution in [0.1, 0.15) is 5.56 Å². The molecule has 0 heterocycles. The average Bonchev–Trinajstić information content (AvgIpc) is 2.34. The van der Waals surface area contributed by atoms with Gasteiger partial charge in [-0.3, -0.25) is 5.43 Å². The maximum absolute atomic E-state index is 9.74. The number of methoxy groups -OCH3 is 1. The van der Waals surface area contributed by atoms with Crippen LogP contribution in [-0.2, 0) is 0 Å². The number of thiocarbonyl (C=S) groups is 1. The van der Waals surface area contributed by atoms with E-state index in [9.17, 15) is 5.11 Å². The predicted octanol–water partition coefficient (Wildman–Crippen LogP) is 1.59. The topological polar surface area (TPSA) is 65.9 Å². The highest BCUT2D eigenvalue weighted by molar-refractivity contribution is 9.10. The van der Waals surface area contributed by atoms with Gasteiger partial charge in [-0.05, 0) is 40.3 Å². The van der Waals surface area contributed by atoms with Crippen molar-refractivity contribution in [3.63, 3.8) is 0 Å². The highest BCUT2D eigenvalue weighted by Gasteiger charge is 2.09. The molecule has 0 saturated heterocycles. The summed E-state index contributed by atoms with van der Waals surface area (Å²) in [7, 11) is 3.18. The van der Waals surface area contributed by atoms with Gasteiger partial charge in [0.2, 0.25) is 0 Å². The quantitative estimate of drug-likeness (QED) is 0.449. The van der Waals surface area contributed by atoms with Crippen molar-refractivity contribution in [1.29, 1.82) is 0 Å². The van der Waals surface area contributed by atoms with Crippen LogP contribution in [0.15, 0.2) is 21.7 Å². The van der Waals surface area contributed by atoms with Crippen LogP contribution in [0.2, 0.25) is 0 Å². The van der Waals surface area contributed by atoms with E-state index in [0.29, 0.717) is 20.9 Å². The molecule has 0 spiro atoms. The summed E-state index contributed by atoms with van der Waals surface area (Å²) in [6.07, 6.45) is 1.53. The first kappa shape index (κ1) is 13.7. The van der Waals surface area contributed by atoms with E-state index in [1.54, 1.807) is 19.2 Å². The molecule has 17 heavy (non-hydrogen) atoms. The zero-order valence-corrected chi connectivity index (χ0v) is 11.7. The largest absolute Gasteiger partial charge is 0.503 e. The van der Waals surface area contributed by atoms with Crippen molar-refractivity contribution in [3.8, 4) is 11.5 Å². The number of ether oxygens (including phenoxy) is 1. The molecule has 92 valence electrons. The number of nitrogens with one attached hydrogen (secondary N) is 2. The summed E-state index contributed by atoms with van der Waals surface area (Å²) in [6.45, 7) is 0. The zero-order chi connectivity index (χ0) is 12.8. The molecule has 0 aliphatic carbocycles. The molecule has 0 saturated carbocycles. The maximum Gasteiger partial charge on any atom is 0.186 e. The van der Waals surface area contributed by atoms with E-state index in [1.165, 1.54) is 13.3 Å². The van der Waals surface area contributed by atoms with Crippen LogP contribution in [0.25, 0.3) is 0 Å². The number of nitrogens with zero attached hydrogens (tertiary/aromatic N) is 1. The fraction of sp³-hybridized carbons (Fsp3) is 0.200. The summed E-state index contributed by atoms with van der Waals surface area (Å²) in [4.78, 5) is 0. The van der Waals surface area contributed by atoms with Crippen molar-refractivity contribution in [2.75, 3.05) is 14.2 Å². The number of rotatable bonds is 3. The summed E-state index contributed by atoms with van der Waals surface area (Å²) >= 11 is 8.11. The van der Waals surface area contributed by atoms with E-state index in [2.05, 4.69) is 31.8 Å². The molecule has 0 fully saturated rings. The summed E-state index contributed by atoms with van der Waals surface area (Å²) in [5, 5.41) is 16.8.